The molecule has 0 aliphatic heterocycles. The van der Waals surface area contributed by atoms with Crippen molar-refractivity contribution in [3.05, 3.63) is 23.8 Å². The molecule has 0 spiro atoms. The van der Waals surface area contributed by atoms with Crippen LogP contribution in [0.3, 0.4) is 0 Å². The Kier molecular flexibility index (Phi) is 15.6. The third-order valence-electron chi connectivity index (χ3n) is 6.38. The van der Waals surface area contributed by atoms with E-state index in [-0.39, 0.29) is 37.8 Å². The van der Waals surface area contributed by atoms with Gasteiger partial charge in [0.05, 0.1) is 19.8 Å². The number of methoxy groups -OCH3 is 3. The second kappa shape index (κ2) is 16.4. The van der Waals surface area contributed by atoms with E-state index in [4.69, 9.17) is 19.9 Å². The Bertz CT molecular complexity index is 890. The van der Waals surface area contributed by atoms with Crippen LogP contribution in [0.2, 0.25) is 0 Å². The van der Waals surface area contributed by atoms with Crippen LogP contribution in [-0.4, -0.2) is 82.2 Å². The van der Waals surface area contributed by atoms with E-state index in [1.165, 1.54) is 12.4 Å². The number of hydrogen-bond donors (Lipinski definition) is 3. The zero-order valence-corrected chi connectivity index (χ0v) is 23.8. The van der Waals surface area contributed by atoms with Gasteiger partial charge in [0.1, 0.15) is 0 Å². The molecule has 4 N–H and O–H groups in total. The van der Waals surface area contributed by atoms with E-state index in [1.54, 1.807) is 13.2 Å². The highest BCUT2D eigenvalue weighted by atomic mass is 35.5. The number of rotatable bonds is 16. The quantitative estimate of drug-likeness (QED) is 0.191. The van der Waals surface area contributed by atoms with Crippen LogP contribution in [0, 0.1) is 11.8 Å². The Morgan fingerprint density at radius 3 is 2.10 bits per heavy atom. The van der Waals surface area contributed by atoms with Crippen molar-refractivity contribution in [2.45, 2.75) is 63.2 Å². The maximum absolute atomic E-state index is 13.2. The van der Waals surface area contributed by atoms with Crippen molar-refractivity contribution in [1.82, 2.24) is 5.32 Å². The number of aliphatic hydroxyl groups excluding tert-OH is 1. The largest absolute Gasteiger partial charge is 0.493 e. The van der Waals surface area contributed by atoms with Gasteiger partial charge in [-0.15, -0.1) is 12.4 Å². The zero-order chi connectivity index (χ0) is 30.0. The van der Waals surface area contributed by atoms with Crippen molar-refractivity contribution in [2.24, 2.45) is 17.6 Å². The smallest absolute Gasteiger partial charge is 0.435 e. The second-order valence-electron chi connectivity index (χ2n) is 9.45. The number of halogens is 7. The van der Waals surface area contributed by atoms with E-state index in [9.17, 15) is 36.2 Å². The molecule has 40 heavy (non-hydrogen) atoms. The Hall–Kier alpha value is -2.00. The van der Waals surface area contributed by atoms with Crippen LogP contribution in [0.5, 0.6) is 11.5 Å². The maximum Gasteiger partial charge on any atom is 0.435 e. The Labute approximate surface area is 236 Å². The molecule has 1 aromatic rings. The molecule has 0 unspecified atom stereocenters. The highest BCUT2D eigenvalue weighted by Gasteiger charge is 2.77. The van der Waals surface area contributed by atoms with E-state index in [1.807, 2.05) is 26.0 Å². The van der Waals surface area contributed by atoms with Gasteiger partial charge in [0, 0.05) is 39.8 Å². The van der Waals surface area contributed by atoms with Crippen molar-refractivity contribution < 1.29 is 55.2 Å². The molecule has 1 aromatic carbocycles. The van der Waals surface area contributed by atoms with Crippen LogP contribution in [0.1, 0.15) is 32.3 Å². The summed E-state index contributed by atoms with van der Waals surface area (Å²) in [6, 6.07) is 4.32. The van der Waals surface area contributed by atoms with Gasteiger partial charge < -0.3 is 35.1 Å². The molecular formula is C25H39ClF6N2O6. The van der Waals surface area contributed by atoms with E-state index in [0.29, 0.717) is 37.6 Å². The van der Waals surface area contributed by atoms with Gasteiger partial charge in [-0.25, -0.2) is 0 Å². The first kappa shape index (κ1) is 38.0. The van der Waals surface area contributed by atoms with Gasteiger partial charge >= 0.3 is 18.0 Å². The minimum Gasteiger partial charge on any atom is -0.493 e. The van der Waals surface area contributed by atoms with Crippen LogP contribution < -0.4 is 20.5 Å². The minimum atomic E-state index is -6.09. The molecule has 0 heterocycles. The molecule has 0 aromatic heterocycles. The summed E-state index contributed by atoms with van der Waals surface area (Å²) in [7, 11) is 3.22. The van der Waals surface area contributed by atoms with Gasteiger partial charge in [0.2, 0.25) is 0 Å². The number of amides is 1. The number of carbonyl (C=O) groups is 1. The number of aliphatic hydroxyl groups is 1. The van der Waals surface area contributed by atoms with E-state index in [0.717, 1.165) is 5.56 Å². The molecule has 0 aliphatic carbocycles. The van der Waals surface area contributed by atoms with Gasteiger partial charge in [0.15, 0.2) is 11.5 Å². The SMILES string of the molecule is COCCCOc1cc(C[C@@H](C[C@H](N)[C@@H](O)CNC(=O)C(OC)(C(F)(F)F)C(F)(F)F)C(C)C)ccc1OC.Cl. The van der Waals surface area contributed by atoms with Crippen molar-refractivity contribution in [3.63, 3.8) is 0 Å². The molecule has 8 nitrogen and oxygen atoms in total. The third-order valence-corrected chi connectivity index (χ3v) is 6.38. The molecule has 15 heteroatoms. The maximum atomic E-state index is 13.2. The first-order valence-electron chi connectivity index (χ1n) is 12.2. The van der Waals surface area contributed by atoms with Crippen LogP contribution in [0.25, 0.3) is 0 Å². The van der Waals surface area contributed by atoms with Crippen LogP contribution >= 0.6 is 12.4 Å². The monoisotopic (exact) mass is 612 g/mol. The summed E-state index contributed by atoms with van der Waals surface area (Å²) < 4.78 is 99.2. The number of ether oxygens (including phenoxy) is 4. The lowest BCUT2D eigenvalue weighted by molar-refractivity contribution is -0.357. The standard InChI is InChI=1S/C25H38F6N2O6.ClH/c1-15(2)17(11-16-7-8-20(37-4)21(12-16)39-10-6-9-36-3)13-18(32)19(34)14-33-22(35)23(38-5,24(26,27)28)25(29,30)31;/h7-8,12,15,17-19,34H,6,9-11,13-14,32H2,1-5H3,(H,33,35);1H/t17-,18-,19-;/m0./s1. The third kappa shape index (κ3) is 9.82. The lowest BCUT2D eigenvalue weighted by Gasteiger charge is -2.34. The van der Waals surface area contributed by atoms with Gasteiger partial charge in [-0.05, 0) is 42.4 Å². The average molecular weight is 613 g/mol. The number of benzene rings is 1. The Balaban J connectivity index is 0.0000152. The predicted molar refractivity (Wildman–Crippen MR) is 138 cm³/mol. The highest BCUT2D eigenvalue weighted by molar-refractivity contribution is 5.87. The molecule has 0 fully saturated rings. The molecule has 0 saturated carbocycles. The summed E-state index contributed by atoms with van der Waals surface area (Å²) in [5.41, 5.74) is 1.83. The fourth-order valence-corrected chi connectivity index (χ4v) is 3.96. The number of carbonyl (C=O) groups excluding carboxylic acids is 1. The molecule has 3 atom stereocenters. The predicted octanol–water partition coefficient (Wildman–Crippen LogP) is 4.05. The lowest BCUT2D eigenvalue weighted by atomic mass is 9.83. The van der Waals surface area contributed by atoms with Gasteiger partial charge in [0.25, 0.3) is 5.91 Å². The zero-order valence-electron chi connectivity index (χ0n) is 23.0. The molecule has 0 bridgehead atoms. The number of alkyl halides is 6. The fourth-order valence-electron chi connectivity index (χ4n) is 3.96. The molecule has 0 radical (unpaired) electrons. The minimum absolute atomic E-state index is 0. The molecule has 1 amide bonds. The highest BCUT2D eigenvalue weighted by Crippen LogP contribution is 2.45. The fraction of sp³-hybridized carbons (Fsp3) is 0.720. The van der Waals surface area contributed by atoms with Gasteiger partial charge in [-0.3, -0.25) is 4.79 Å². The molecular weight excluding hydrogens is 574 g/mol. The lowest BCUT2D eigenvalue weighted by Crippen LogP contribution is -2.67. The van der Waals surface area contributed by atoms with Gasteiger partial charge in [-0.1, -0.05) is 19.9 Å². The van der Waals surface area contributed by atoms with E-state index >= 15 is 0 Å². The molecule has 234 valence electrons. The van der Waals surface area contributed by atoms with Crippen molar-refractivity contribution in [3.8, 4) is 11.5 Å². The van der Waals surface area contributed by atoms with E-state index < -0.39 is 42.6 Å². The van der Waals surface area contributed by atoms with Gasteiger partial charge in [-0.2, -0.15) is 26.3 Å². The van der Waals surface area contributed by atoms with Crippen molar-refractivity contribution in [2.75, 3.05) is 41.1 Å². The number of hydrogen-bond acceptors (Lipinski definition) is 7. The van der Waals surface area contributed by atoms with Crippen LogP contribution in [0.15, 0.2) is 18.2 Å². The second-order valence-corrected chi connectivity index (χ2v) is 9.45. The van der Waals surface area contributed by atoms with Crippen molar-refractivity contribution >= 4 is 18.3 Å². The average Bonchev–Trinajstić information content (AvgIpc) is 2.83. The Morgan fingerprint density at radius 1 is 1.02 bits per heavy atom. The summed E-state index contributed by atoms with van der Waals surface area (Å²) in [5.74, 6) is -1.53. The molecule has 0 aliphatic rings. The summed E-state index contributed by atoms with van der Waals surface area (Å²) >= 11 is 0. The van der Waals surface area contributed by atoms with Crippen LogP contribution in [0.4, 0.5) is 26.3 Å². The first-order valence-corrected chi connectivity index (χ1v) is 12.2. The van der Waals surface area contributed by atoms with Crippen molar-refractivity contribution in [1.29, 1.82) is 0 Å². The summed E-state index contributed by atoms with van der Waals surface area (Å²) in [6.45, 7) is 3.81. The Morgan fingerprint density at radius 2 is 1.62 bits per heavy atom. The normalized spacial score (nSPS) is 14.8. The summed E-state index contributed by atoms with van der Waals surface area (Å²) in [6.07, 6.45) is -12.5. The molecule has 0 saturated heterocycles. The number of nitrogens with two attached hydrogens (primary N) is 1. The topological polar surface area (TPSA) is 112 Å². The summed E-state index contributed by atoms with van der Waals surface area (Å²) in [5, 5.41) is 11.9. The first-order chi connectivity index (χ1) is 18.0. The van der Waals surface area contributed by atoms with Crippen LogP contribution in [-0.2, 0) is 20.7 Å². The van der Waals surface area contributed by atoms with E-state index in [2.05, 4.69) is 4.74 Å². The molecule has 1 rings (SSSR count). The summed E-state index contributed by atoms with van der Waals surface area (Å²) in [4.78, 5) is 12.0. The number of nitrogens with one attached hydrogen (secondary N) is 1.